The molecular formula is C27H15BrClN3O5. The minimum atomic E-state index is -0.799. The molecule has 0 bridgehead atoms. The van der Waals surface area contributed by atoms with Crippen LogP contribution >= 0.6 is 27.5 Å². The first kappa shape index (κ1) is 25.6. The lowest BCUT2D eigenvalue weighted by molar-refractivity contribution is -0.384. The number of anilines is 1. The predicted octanol–water partition coefficient (Wildman–Crippen LogP) is 6.93. The molecular weight excluding hydrogens is 562 g/mol. The Morgan fingerprint density at radius 3 is 2.54 bits per heavy atom. The minimum Gasteiger partial charge on any atom is -0.422 e. The number of carbonyl (C=O) groups is 2. The van der Waals surface area contributed by atoms with Crippen molar-refractivity contribution in [2.75, 3.05) is 5.32 Å². The monoisotopic (exact) mass is 575 g/mol. The van der Waals surface area contributed by atoms with Gasteiger partial charge in [-0.1, -0.05) is 54.1 Å². The van der Waals surface area contributed by atoms with E-state index in [-0.39, 0.29) is 27.7 Å². The highest BCUT2D eigenvalue weighted by Crippen LogP contribution is 2.30. The number of esters is 1. The fraction of sp³-hybridized carbons (Fsp3) is 0. The number of benzene rings is 4. The van der Waals surface area contributed by atoms with Crippen molar-refractivity contribution >= 4 is 67.6 Å². The number of ether oxygens (including phenoxy) is 1. The lowest BCUT2D eigenvalue weighted by atomic mass is 10.0. The predicted molar refractivity (Wildman–Crippen MR) is 143 cm³/mol. The molecule has 4 rings (SSSR count). The van der Waals surface area contributed by atoms with Crippen molar-refractivity contribution in [3.05, 3.63) is 115 Å². The van der Waals surface area contributed by atoms with Crippen molar-refractivity contribution in [2.45, 2.75) is 0 Å². The number of nitrogens with zero attached hydrogens (tertiary/aromatic N) is 2. The summed E-state index contributed by atoms with van der Waals surface area (Å²) in [5.41, 5.74) is 0.347. The van der Waals surface area contributed by atoms with E-state index in [0.29, 0.717) is 15.6 Å². The van der Waals surface area contributed by atoms with Crippen LogP contribution < -0.4 is 10.1 Å². The van der Waals surface area contributed by atoms with Gasteiger partial charge in [0.05, 0.1) is 25.7 Å². The molecule has 0 aliphatic heterocycles. The molecule has 0 aliphatic rings. The molecule has 0 unspecified atom stereocenters. The summed E-state index contributed by atoms with van der Waals surface area (Å²) in [4.78, 5) is 35.8. The lowest BCUT2D eigenvalue weighted by Crippen LogP contribution is -2.14. The van der Waals surface area contributed by atoms with Gasteiger partial charge in [-0.25, -0.2) is 4.79 Å². The number of fused-ring (bicyclic) bond motifs is 1. The molecule has 182 valence electrons. The number of carbonyl (C=O) groups excluding carboxylic acids is 2. The van der Waals surface area contributed by atoms with E-state index >= 15 is 0 Å². The van der Waals surface area contributed by atoms with Crippen LogP contribution in [0.2, 0.25) is 5.02 Å². The van der Waals surface area contributed by atoms with Crippen LogP contribution in [0.4, 0.5) is 11.4 Å². The van der Waals surface area contributed by atoms with Crippen LogP contribution in [0, 0.1) is 21.4 Å². The van der Waals surface area contributed by atoms with Gasteiger partial charge in [0.1, 0.15) is 17.4 Å². The molecule has 4 aromatic carbocycles. The Balaban J connectivity index is 1.53. The minimum absolute atomic E-state index is 0.00102. The molecule has 0 radical (unpaired) electrons. The average molecular weight is 577 g/mol. The molecule has 10 heteroatoms. The maximum Gasteiger partial charge on any atom is 0.344 e. The molecule has 0 saturated heterocycles. The number of nitriles is 1. The summed E-state index contributed by atoms with van der Waals surface area (Å²) in [5.74, 6) is -1.08. The molecule has 0 heterocycles. The van der Waals surface area contributed by atoms with Crippen LogP contribution in [0.15, 0.2) is 88.9 Å². The van der Waals surface area contributed by atoms with Crippen LogP contribution in [0.5, 0.6) is 5.75 Å². The first-order valence-electron chi connectivity index (χ1n) is 10.6. The molecule has 0 atom stereocenters. The van der Waals surface area contributed by atoms with Crippen molar-refractivity contribution in [3.8, 4) is 11.8 Å². The van der Waals surface area contributed by atoms with E-state index in [1.807, 2.05) is 30.3 Å². The van der Waals surface area contributed by atoms with Gasteiger partial charge in [0.2, 0.25) is 0 Å². The third-order valence-corrected chi connectivity index (χ3v) is 6.20. The number of nitrogens with one attached hydrogen (secondary N) is 1. The number of rotatable bonds is 6. The van der Waals surface area contributed by atoms with Crippen molar-refractivity contribution in [2.24, 2.45) is 0 Å². The molecule has 8 nitrogen and oxygen atoms in total. The second-order valence-corrected chi connectivity index (χ2v) is 8.91. The Labute approximate surface area is 224 Å². The zero-order valence-corrected chi connectivity index (χ0v) is 21.1. The number of amides is 1. The number of non-ortho nitro benzene ring substituents is 1. The van der Waals surface area contributed by atoms with Crippen molar-refractivity contribution < 1.29 is 19.2 Å². The normalized spacial score (nSPS) is 11.0. The molecule has 37 heavy (non-hydrogen) atoms. The third kappa shape index (κ3) is 5.83. The second kappa shape index (κ2) is 11.0. The smallest absolute Gasteiger partial charge is 0.344 e. The first-order chi connectivity index (χ1) is 17.8. The van der Waals surface area contributed by atoms with Gasteiger partial charge in [-0.3, -0.25) is 14.9 Å². The van der Waals surface area contributed by atoms with E-state index in [1.165, 1.54) is 24.3 Å². The van der Waals surface area contributed by atoms with Crippen LogP contribution in [-0.2, 0) is 4.79 Å². The van der Waals surface area contributed by atoms with Gasteiger partial charge < -0.3 is 10.1 Å². The maximum atomic E-state index is 12.8. The maximum absolute atomic E-state index is 12.8. The topological polar surface area (TPSA) is 122 Å². The van der Waals surface area contributed by atoms with Crippen molar-refractivity contribution in [1.82, 2.24) is 0 Å². The SMILES string of the molecule is N#C/C(=C\c1ccc(OC(=O)c2cccc3ccccc23)c(Br)c1)C(=O)Nc1cc([N+](=O)[O-])ccc1Cl. The Bertz CT molecular complexity index is 1640. The number of hydrogen-bond donors (Lipinski definition) is 1. The number of halogens is 2. The number of hydrogen-bond acceptors (Lipinski definition) is 6. The Hall–Kier alpha value is -4.52. The zero-order chi connectivity index (χ0) is 26.5. The van der Waals surface area contributed by atoms with E-state index < -0.39 is 16.8 Å². The fourth-order valence-electron chi connectivity index (χ4n) is 3.48. The molecule has 1 N–H and O–H groups in total. The summed E-state index contributed by atoms with van der Waals surface area (Å²) in [6, 6.07) is 22.9. The first-order valence-corrected chi connectivity index (χ1v) is 11.8. The highest BCUT2D eigenvalue weighted by Gasteiger charge is 2.17. The average Bonchev–Trinajstić information content (AvgIpc) is 2.89. The Kier molecular flexibility index (Phi) is 7.63. The largest absolute Gasteiger partial charge is 0.422 e. The lowest BCUT2D eigenvalue weighted by Gasteiger charge is -2.10. The molecule has 4 aromatic rings. The van der Waals surface area contributed by atoms with E-state index in [9.17, 15) is 25.0 Å². The summed E-state index contributed by atoms with van der Waals surface area (Å²) < 4.78 is 6.00. The van der Waals surface area contributed by atoms with Crippen molar-refractivity contribution in [3.63, 3.8) is 0 Å². The standard InChI is InChI=1S/C27H15BrClN3O5/c28-22-13-16(12-18(15-30)26(33)31-24-14-19(32(35)36)9-10-23(24)29)8-11-25(22)37-27(34)21-7-3-5-17-4-1-2-6-20(17)21/h1-14H,(H,31,33)/b18-12+. The van der Waals surface area contributed by atoms with E-state index in [1.54, 1.807) is 30.3 Å². The second-order valence-electron chi connectivity index (χ2n) is 7.65. The van der Waals surface area contributed by atoms with Crippen LogP contribution in [-0.4, -0.2) is 16.8 Å². The van der Waals surface area contributed by atoms with E-state index in [4.69, 9.17) is 16.3 Å². The Morgan fingerprint density at radius 2 is 1.81 bits per heavy atom. The van der Waals surface area contributed by atoms with Gasteiger partial charge in [-0.2, -0.15) is 5.26 Å². The summed E-state index contributed by atoms with van der Waals surface area (Å²) in [6.07, 6.45) is 1.32. The number of nitro benzene ring substituents is 1. The molecule has 0 saturated carbocycles. The van der Waals surface area contributed by atoms with Crippen LogP contribution in [0.1, 0.15) is 15.9 Å². The summed E-state index contributed by atoms with van der Waals surface area (Å²) in [6.45, 7) is 0. The van der Waals surface area contributed by atoms with Gasteiger partial charge >= 0.3 is 5.97 Å². The zero-order valence-electron chi connectivity index (χ0n) is 18.8. The van der Waals surface area contributed by atoms with Gasteiger partial charge in [0.15, 0.2) is 0 Å². The Morgan fingerprint density at radius 1 is 1.05 bits per heavy atom. The molecule has 0 aromatic heterocycles. The summed E-state index contributed by atoms with van der Waals surface area (Å²) in [5, 5.41) is 24.7. The molecule has 0 aliphatic carbocycles. The highest BCUT2D eigenvalue weighted by molar-refractivity contribution is 9.10. The quantitative estimate of drug-likeness (QED) is 0.0663. The summed E-state index contributed by atoms with van der Waals surface area (Å²) in [7, 11) is 0. The van der Waals surface area contributed by atoms with Crippen LogP contribution in [0.3, 0.4) is 0 Å². The third-order valence-electron chi connectivity index (χ3n) is 5.25. The van der Waals surface area contributed by atoms with Crippen LogP contribution in [0.25, 0.3) is 16.8 Å². The van der Waals surface area contributed by atoms with Gasteiger partial charge in [-0.05, 0) is 62.6 Å². The molecule has 0 spiro atoms. The van der Waals surface area contributed by atoms with E-state index in [2.05, 4.69) is 21.2 Å². The van der Waals surface area contributed by atoms with Gasteiger partial charge in [0, 0.05) is 12.1 Å². The molecule has 0 fully saturated rings. The van der Waals surface area contributed by atoms with E-state index in [0.717, 1.165) is 16.8 Å². The number of nitro groups is 1. The summed E-state index contributed by atoms with van der Waals surface area (Å²) >= 11 is 9.38. The fourth-order valence-corrected chi connectivity index (χ4v) is 4.12. The molecule has 1 amide bonds. The van der Waals surface area contributed by atoms with Crippen molar-refractivity contribution in [1.29, 1.82) is 5.26 Å². The highest BCUT2D eigenvalue weighted by atomic mass is 79.9. The van der Waals surface area contributed by atoms with Gasteiger partial charge in [0.25, 0.3) is 11.6 Å². The van der Waals surface area contributed by atoms with Gasteiger partial charge in [-0.15, -0.1) is 0 Å².